The third-order valence-corrected chi connectivity index (χ3v) is 3.04. The second-order valence-electron chi connectivity index (χ2n) is 5.01. The largest absolute Gasteiger partial charge is 0.399 e. The maximum atomic E-state index is 9.56. The second-order valence-corrected chi connectivity index (χ2v) is 5.01. The van der Waals surface area contributed by atoms with Gasteiger partial charge in [-0.05, 0) is 48.5 Å². The minimum absolute atomic E-state index is 0.0331. The SMILES string of the molecule is CN(C)Cc1ccc(-c2cccc(N)c2)c(CO)c1. The van der Waals surface area contributed by atoms with Crippen molar-refractivity contribution >= 4 is 5.69 Å². The van der Waals surface area contributed by atoms with Crippen LogP contribution in [0.1, 0.15) is 11.1 Å². The average Bonchev–Trinajstić information content (AvgIpc) is 2.37. The predicted molar refractivity (Wildman–Crippen MR) is 79.6 cm³/mol. The third kappa shape index (κ3) is 3.34. The molecule has 0 aliphatic heterocycles. The summed E-state index contributed by atoms with van der Waals surface area (Å²) in [6.07, 6.45) is 0. The number of nitrogen functional groups attached to an aromatic ring is 1. The van der Waals surface area contributed by atoms with E-state index in [9.17, 15) is 5.11 Å². The normalized spacial score (nSPS) is 10.9. The minimum Gasteiger partial charge on any atom is -0.399 e. The van der Waals surface area contributed by atoms with Crippen molar-refractivity contribution < 1.29 is 5.11 Å². The zero-order valence-corrected chi connectivity index (χ0v) is 11.4. The van der Waals surface area contributed by atoms with Gasteiger partial charge in [0.2, 0.25) is 0 Å². The van der Waals surface area contributed by atoms with Crippen LogP contribution in [0.2, 0.25) is 0 Å². The maximum Gasteiger partial charge on any atom is 0.0687 e. The topological polar surface area (TPSA) is 49.5 Å². The van der Waals surface area contributed by atoms with Crippen molar-refractivity contribution in [3.63, 3.8) is 0 Å². The van der Waals surface area contributed by atoms with Gasteiger partial charge in [-0.25, -0.2) is 0 Å². The highest BCUT2D eigenvalue weighted by atomic mass is 16.3. The summed E-state index contributed by atoms with van der Waals surface area (Å²) in [7, 11) is 4.06. The molecule has 0 heterocycles. The van der Waals surface area contributed by atoms with Crippen molar-refractivity contribution in [2.45, 2.75) is 13.2 Å². The van der Waals surface area contributed by atoms with E-state index in [1.807, 2.05) is 38.4 Å². The Balaban J connectivity index is 2.41. The Labute approximate surface area is 114 Å². The van der Waals surface area contributed by atoms with Crippen molar-refractivity contribution in [3.05, 3.63) is 53.6 Å². The standard InChI is InChI=1S/C16H20N2O/c1-18(2)10-12-6-7-16(14(8-12)11-19)13-4-3-5-15(17)9-13/h3-9,19H,10-11,17H2,1-2H3. The molecule has 0 saturated heterocycles. The van der Waals surface area contributed by atoms with Crippen LogP contribution in [0.25, 0.3) is 11.1 Å². The average molecular weight is 256 g/mol. The number of anilines is 1. The smallest absolute Gasteiger partial charge is 0.0687 e. The van der Waals surface area contributed by atoms with Crippen LogP contribution in [0.4, 0.5) is 5.69 Å². The quantitative estimate of drug-likeness (QED) is 0.826. The highest BCUT2D eigenvalue weighted by Crippen LogP contribution is 2.26. The van der Waals surface area contributed by atoms with Crippen molar-refractivity contribution in [2.75, 3.05) is 19.8 Å². The highest BCUT2D eigenvalue weighted by Gasteiger charge is 2.06. The van der Waals surface area contributed by atoms with E-state index in [1.54, 1.807) is 0 Å². The van der Waals surface area contributed by atoms with E-state index in [4.69, 9.17) is 5.73 Å². The molecule has 0 saturated carbocycles. The monoisotopic (exact) mass is 256 g/mol. The number of aliphatic hydroxyl groups is 1. The molecular formula is C16H20N2O. The Morgan fingerprint density at radius 1 is 1.11 bits per heavy atom. The molecule has 100 valence electrons. The molecule has 3 nitrogen and oxygen atoms in total. The summed E-state index contributed by atoms with van der Waals surface area (Å²) >= 11 is 0. The molecule has 3 heteroatoms. The van der Waals surface area contributed by atoms with E-state index in [0.717, 1.165) is 28.9 Å². The first-order valence-electron chi connectivity index (χ1n) is 6.33. The first kappa shape index (κ1) is 13.6. The van der Waals surface area contributed by atoms with Crippen LogP contribution >= 0.6 is 0 Å². The van der Waals surface area contributed by atoms with Gasteiger partial charge in [0.05, 0.1) is 6.61 Å². The van der Waals surface area contributed by atoms with Gasteiger partial charge in [-0.15, -0.1) is 0 Å². The lowest BCUT2D eigenvalue weighted by Gasteiger charge is -2.14. The number of aliphatic hydroxyl groups excluding tert-OH is 1. The molecule has 0 aliphatic carbocycles. The number of hydrogen-bond acceptors (Lipinski definition) is 3. The molecule has 3 N–H and O–H groups in total. The van der Waals surface area contributed by atoms with Gasteiger partial charge < -0.3 is 15.7 Å². The van der Waals surface area contributed by atoms with Crippen LogP contribution in [-0.2, 0) is 13.2 Å². The Bertz CT molecular complexity index is 564. The lowest BCUT2D eigenvalue weighted by Crippen LogP contribution is -2.11. The number of rotatable bonds is 4. The number of hydrogen-bond donors (Lipinski definition) is 2. The summed E-state index contributed by atoms with van der Waals surface area (Å²) in [6.45, 7) is 0.898. The molecule has 0 spiro atoms. The Kier molecular flexibility index (Phi) is 4.20. The molecule has 0 amide bonds. The lowest BCUT2D eigenvalue weighted by atomic mass is 9.97. The van der Waals surface area contributed by atoms with E-state index in [2.05, 4.69) is 23.1 Å². The van der Waals surface area contributed by atoms with E-state index in [1.165, 1.54) is 5.56 Å². The second kappa shape index (κ2) is 5.87. The zero-order valence-electron chi connectivity index (χ0n) is 11.4. The molecule has 0 atom stereocenters. The van der Waals surface area contributed by atoms with Gasteiger partial charge in [-0.2, -0.15) is 0 Å². The molecule has 0 fully saturated rings. The van der Waals surface area contributed by atoms with Gasteiger partial charge >= 0.3 is 0 Å². The molecule has 2 rings (SSSR count). The van der Waals surface area contributed by atoms with Gasteiger partial charge in [0.15, 0.2) is 0 Å². The van der Waals surface area contributed by atoms with Crippen LogP contribution in [0.15, 0.2) is 42.5 Å². The number of nitrogens with two attached hydrogens (primary N) is 1. The summed E-state index contributed by atoms with van der Waals surface area (Å²) in [5.41, 5.74) is 10.8. The Hall–Kier alpha value is -1.84. The summed E-state index contributed by atoms with van der Waals surface area (Å²) in [6, 6.07) is 13.9. The van der Waals surface area contributed by atoms with E-state index < -0.39 is 0 Å². The third-order valence-electron chi connectivity index (χ3n) is 3.04. The van der Waals surface area contributed by atoms with Crippen LogP contribution in [0.5, 0.6) is 0 Å². The molecule has 2 aromatic carbocycles. The van der Waals surface area contributed by atoms with Gasteiger partial charge in [0, 0.05) is 12.2 Å². The molecule has 2 aromatic rings. The maximum absolute atomic E-state index is 9.56. The minimum atomic E-state index is 0.0331. The molecule has 19 heavy (non-hydrogen) atoms. The summed E-state index contributed by atoms with van der Waals surface area (Å²) < 4.78 is 0. The van der Waals surface area contributed by atoms with Gasteiger partial charge in [0.25, 0.3) is 0 Å². The van der Waals surface area contributed by atoms with Crippen LogP contribution in [0, 0.1) is 0 Å². The van der Waals surface area contributed by atoms with E-state index in [-0.39, 0.29) is 6.61 Å². The van der Waals surface area contributed by atoms with E-state index >= 15 is 0 Å². The van der Waals surface area contributed by atoms with Crippen molar-refractivity contribution in [2.24, 2.45) is 0 Å². The fourth-order valence-electron chi connectivity index (χ4n) is 2.23. The number of nitrogens with zero attached hydrogens (tertiary/aromatic N) is 1. The van der Waals surface area contributed by atoms with Crippen LogP contribution < -0.4 is 5.73 Å². The zero-order chi connectivity index (χ0) is 13.8. The van der Waals surface area contributed by atoms with Crippen molar-refractivity contribution in [1.82, 2.24) is 4.90 Å². The van der Waals surface area contributed by atoms with Crippen molar-refractivity contribution in [1.29, 1.82) is 0 Å². The van der Waals surface area contributed by atoms with Gasteiger partial charge in [-0.3, -0.25) is 0 Å². The van der Waals surface area contributed by atoms with Crippen LogP contribution in [-0.4, -0.2) is 24.1 Å². The highest BCUT2D eigenvalue weighted by molar-refractivity contribution is 5.70. The van der Waals surface area contributed by atoms with E-state index in [0.29, 0.717) is 0 Å². The fraction of sp³-hybridized carbons (Fsp3) is 0.250. The molecular weight excluding hydrogens is 236 g/mol. The lowest BCUT2D eigenvalue weighted by molar-refractivity contribution is 0.282. The summed E-state index contributed by atoms with van der Waals surface area (Å²) in [4.78, 5) is 2.11. The first-order valence-corrected chi connectivity index (χ1v) is 6.33. The Morgan fingerprint density at radius 2 is 1.89 bits per heavy atom. The van der Waals surface area contributed by atoms with Gasteiger partial charge in [-0.1, -0.05) is 30.3 Å². The first-order chi connectivity index (χ1) is 9.10. The molecule has 0 aliphatic rings. The molecule has 0 unspecified atom stereocenters. The van der Waals surface area contributed by atoms with Gasteiger partial charge in [0.1, 0.15) is 0 Å². The summed E-state index contributed by atoms with van der Waals surface area (Å²) in [5.74, 6) is 0. The molecule has 0 aromatic heterocycles. The molecule has 0 bridgehead atoms. The predicted octanol–water partition coefficient (Wildman–Crippen LogP) is 2.49. The molecule has 0 radical (unpaired) electrons. The Morgan fingerprint density at radius 3 is 2.53 bits per heavy atom. The number of benzene rings is 2. The van der Waals surface area contributed by atoms with Crippen molar-refractivity contribution in [3.8, 4) is 11.1 Å². The summed E-state index contributed by atoms with van der Waals surface area (Å²) in [5, 5.41) is 9.56. The fourth-order valence-corrected chi connectivity index (χ4v) is 2.23. The van der Waals surface area contributed by atoms with Crippen LogP contribution in [0.3, 0.4) is 0 Å².